The van der Waals surface area contributed by atoms with Gasteiger partial charge in [-0.1, -0.05) is 6.92 Å². The predicted molar refractivity (Wildman–Crippen MR) is 71.4 cm³/mol. The number of halogens is 1. The molecule has 0 aromatic rings. The third kappa shape index (κ3) is 14.4. The van der Waals surface area contributed by atoms with E-state index in [1.807, 2.05) is 6.92 Å². The maximum atomic E-state index is 11.3. The minimum absolute atomic E-state index is 0. The number of carboxylic acid groups (broad SMARTS) is 1. The summed E-state index contributed by atoms with van der Waals surface area (Å²) in [6, 6.07) is 0. The van der Waals surface area contributed by atoms with Gasteiger partial charge in [0, 0.05) is 18.9 Å². The Balaban J connectivity index is 0. The van der Waals surface area contributed by atoms with Gasteiger partial charge in [0.25, 0.3) is 0 Å². The van der Waals surface area contributed by atoms with Crippen molar-refractivity contribution in [1.29, 1.82) is 0 Å². The zero-order valence-electron chi connectivity index (χ0n) is 11.5. The van der Waals surface area contributed by atoms with E-state index in [9.17, 15) is 9.59 Å². The molecule has 2 N–H and O–H groups in total. The minimum Gasteiger partial charge on any atom is -1.00 e. The van der Waals surface area contributed by atoms with Crippen molar-refractivity contribution in [2.24, 2.45) is 11.8 Å². The summed E-state index contributed by atoms with van der Waals surface area (Å²) in [5.74, 6) is 0.926. The maximum Gasteiger partial charge on any atom is 2.00 e. The van der Waals surface area contributed by atoms with E-state index in [1.54, 1.807) is 0 Å². The van der Waals surface area contributed by atoms with Gasteiger partial charge >= 0.3 is 29.1 Å². The van der Waals surface area contributed by atoms with E-state index in [4.69, 9.17) is 5.11 Å². The molecule has 0 heterocycles. The molecule has 2 rings (SSSR count). The van der Waals surface area contributed by atoms with Gasteiger partial charge in [0.1, 0.15) is 5.78 Å². The van der Waals surface area contributed by atoms with Crippen LogP contribution < -0.4 is 22.3 Å². The van der Waals surface area contributed by atoms with Crippen molar-refractivity contribution < 1.29 is 31.7 Å². The van der Waals surface area contributed by atoms with Crippen molar-refractivity contribution in [3.8, 4) is 0 Å². The summed E-state index contributed by atoms with van der Waals surface area (Å²) in [5, 5.41) is 10.7. The summed E-state index contributed by atoms with van der Waals surface area (Å²) in [6.07, 6.45) is 7.51. The van der Waals surface area contributed by atoms with Crippen LogP contribution in [0.4, 0.5) is 4.79 Å². The largest absolute Gasteiger partial charge is 2.00 e. The number of carbonyl (C=O) groups excluding carboxylic acids is 1. The number of carbonyl (C=O) groups is 2. The summed E-state index contributed by atoms with van der Waals surface area (Å²) in [4.78, 5) is 21.5. The molecule has 0 aromatic carbocycles. The first-order valence-electron chi connectivity index (χ1n) is 6.40. The Morgan fingerprint density at radius 2 is 1.89 bits per heavy atom. The zero-order chi connectivity index (χ0) is 12.7. The summed E-state index contributed by atoms with van der Waals surface area (Å²) >= 11 is 0. The predicted octanol–water partition coefficient (Wildman–Crippen LogP) is -0.743. The molecule has 6 heteroatoms. The van der Waals surface area contributed by atoms with Gasteiger partial charge in [0.2, 0.25) is 0 Å². The molecule has 1 amide bonds. The Morgan fingerprint density at radius 3 is 2.26 bits per heavy atom. The number of hydrogen-bond donors (Lipinski definition) is 2. The van der Waals surface area contributed by atoms with Gasteiger partial charge in [-0.25, -0.2) is 17.6 Å². The van der Waals surface area contributed by atoms with Gasteiger partial charge < -0.3 is 33.8 Å². The summed E-state index contributed by atoms with van der Waals surface area (Å²) in [6.45, 7) is 2.39. The molecule has 106 valence electrons. The fourth-order valence-corrected chi connectivity index (χ4v) is 1.36. The molecule has 2 fully saturated rings. The number of amides is 1. The average Bonchev–Trinajstić information content (AvgIpc) is 3.13. The SMILES string of the molecule is C[C@@H](CCC(=O)C1CC1)CNC(=O)O.[Br-].[CH-]1CC1.[Mg+2]. The van der Waals surface area contributed by atoms with E-state index >= 15 is 0 Å². The van der Waals surface area contributed by atoms with Crippen LogP contribution in [-0.4, -0.2) is 46.6 Å². The molecule has 0 aliphatic heterocycles. The van der Waals surface area contributed by atoms with Gasteiger partial charge in [-0.05, 0) is 25.2 Å². The van der Waals surface area contributed by atoms with Gasteiger partial charge in [0.05, 0.1) is 0 Å². The topological polar surface area (TPSA) is 66.4 Å². The van der Waals surface area contributed by atoms with E-state index in [0.29, 0.717) is 24.7 Å². The van der Waals surface area contributed by atoms with Crippen LogP contribution >= 0.6 is 0 Å². The molecular weight excluding hydrogens is 322 g/mol. The molecule has 4 nitrogen and oxygen atoms in total. The van der Waals surface area contributed by atoms with Crippen LogP contribution in [0.2, 0.25) is 0 Å². The second-order valence-electron chi connectivity index (χ2n) is 4.94. The fraction of sp³-hybridized carbons (Fsp3) is 0.769. The van der Waals surface area contributed by atoms with E-state index in [-0.39, 0.29) is 46.0 Å². The molecule has 0 unspecified atom stereocenters. The van der Waals surface area contributed by atoms with Gasteiger partial charge in [-0.2, -0.15) is 0 Å². The first kappa shape index (κ1) is 21.5. The molecule has 19 heavy (non-hydrogen) atoms. The first-order valence-corrected chi connectivity index (χ1v) is 6.40. The Hall–Kier alpha value is 0.186. The fourth-order valence-electron chi connectivity index (χ4n) is 1.36. The first-order chi connectivity index (χ1) is 8.09. The summed E-state index contributed by atoms with van der Waals surface area (Å²) < 4.78 is 0. The van der Waals surface area contributed by atoms with Crippen LogP contribution in [0.1, 0.15) is 45.4 Å². The average molecular weight is 345 g/mol. The van der Waals surface area contributed by atoms with Crippen molar-refractivity contribution in [3.05, 3.63) is 6.42 Å². The van der Waals surface area contributed by atoms with Crippen LogP contribution in [0.3, 0.4) is 0 Å². The molecule has 0 saturated heterocycles. The van der Waals surface area contributed by atoms with Crippen molar-refractivity contribution in [2.45, 2.75) is 45.4 Å². The molecular formula is C13H22BrMgNO3. The summed E-state index contributed by atoms with van der Waals surface area (Å²) in [7, 11) is 0. The molecule has 2 saturated carbocycles. The van der Waals surface area contributed by atoms with E-state index in [2.05, 4.69) is 11.7 Å². The molecule has 0 aromatic heterocycles. The Kier molecular flexibility index (Phi) is 13.5. The molecule has 2 aliphatic rings. The smallest absolute Gasteiger partial charge is 1.00 e. The third-order valence-corrected chi connectivity index (χ3v) is 2.81. The van der Waals surface area contributed by atoms with Crippen LogP contribution in [-0.2, 0) is 4.79 Å². The van der Waals surface area contributed by atoms with Gasteiger partial charge in [-0.3, -0.25) is 4.79 Å². The normalized spacial score (nSPS) is 16.7. The van der Waals surface area contributed by atoms with Gasteiger partial charge in [0.15, 0.2) is 0 Å². The number of rotatable bonds is 6. The van der Waals surface area contributed by atoms with Crippen molar-refractivity contribution >= 4 is 34.9 Å². The van der Waals surface area contributed by atoms with Gasteiger partial charge in [-0.15, -0.1) is 0 Å². The maximum absolute atomic E-state index is 11.3. The van der Waals surface area contributed by atoms with E-state index in [1.165, 1.54) is 12.8 Å². The number of ketones is 1. The molecule has 0 radical (unpaired) electrons. The van der Waals surface area contributed by atoms with E-state index in [0.717, 1.165) is 19.3 Å². The number of Topliss-reactive ketones (excluding diaryl/α,β-unsaturated/α-hetero) is 1. The van der Waals surface area contributed by atoms with Crippen LogP contribution in [0.15, 0.2) is 0 Å². The van der Waals surface area contributed by atoms with Crippen LogP contribution in [0, 0.1) is 18.3 Å². The molecule has 0 bridgehead atoms. The van der Waals surface area contributed by atoms with Crippen molar-refractivity contribution in [2.75, 3.05) is 6.54 Å². The van der Waals surface area contributed by atoms with Crippen LogP contribution in [0.5, 0.6) is 0 Å². The second-order valence-corrected chi connectivity index (χ2v) is 4.94. The molecule has 0 spiro atoms. The zero-order valence-corrected chi connectivity index (χ0v) is 14.5. The molecule has 1 atom stereocenters. The second kappa shape index (κ2) is 12.0. The monoisotopic (exact) mass is 343 g/mol. The Bertz CT molecular complexity index is 268. The minimum atomic E-state index is -0.995. The Labute approximate surface area is 142 Å². The number of nitrogens with one attached hydrogen (secondary N) is 1. The quantitative estimate of drug-likeness (QED) is 0.493. The number of hydrogen-bond acceptors (Lipinski definition) is 2. The third-order valence-electron chi connectivity index (χ3n) is 2.81. The standard InChI is InChI=1S/C10H17NO3.C3H5.BrH.Mg/c1-7(6-11-10(13)14)2-5-9(12)8-3-4-8;1-2-3-1;;/h7-8,11H,2-6H2,1H3,(H,13,14);1H,2-3H2;1H;/q;-1;;+2/p-1/t7-;;;/m0.../s1. The van der Waals surface area contributed by atoms with Crippen LogP contribution in [0.25, 0.3) is 0 Å². The Morgan fingerprint density at radius 1 is 1.37 bits per heavy atom. The summed E-state index contributed by atoms with van der Waals surface area (Å²) in [5.41, 5.74) is 0. The van der Waals surface area contributed by atoms with E-state index < -0.39 is 6.09 Å². The molecule has 2 aliphatic carbocycles. The van der Waals surface area contributed by atoms with Crippen molar-refractivity contribution in [3.63, 3.8) is 0 Å². The van der Waals surface area contributed by atoms with Crippen molar-refractivity contribution in [1.82, 2.24) is 5.32 Å².